The van der Waals surface area contributed by atoms with Crippen molar-refractivity contribution >= 4 is 33.2 Å². The Morgan fingerprint density at radius 2 is 2.06 bits per heavy atom. The smallest absolute Gasteiger partial charge is 0.241 e. The summed E-state index contributed by atoms with van der Waals surface area (Å²) in [4.78, 5) is 15.3. The zero-order valence-corrected chi connectivity index (χ0v) is 12.0. The number of amides is 1. The predicted molar refractivity (Wildman–Crippen MR) is 75.1 cm³/mol. The number of halogens is 1. The number of likely N-dealkylation sites (N-methyl/N-ethyl adjacent to an activating group) is 2. The number of nitrogen functional groups attached to an aromatic ring is 1. The minimum Gasteiger partial charge on any atom is -0.397 e. The van der Waals surface area contributed by atoms with Gasteiger partial charge in [-0.25, -0.2) is 0 Å². The lowest BCUT2D eigenvalue weighted by Crippen LogP contribution is -2.36. The van der Waals surface area contributed by atoms with Crippen LogP contribution in [0.25, 0.3) is 0 Å². The zero-order chi connectivity index (χ0) is 13.0. The number of benzene rings is 1. The van der Waals surface area contributed by atoms with Crippen molar-refractivity contribution in [3.63, 3.8) is 0 Å². The van der Waals surface area contributed by atoms with E-state index < -0.39 is 0 Å². The fourth-order valence-electron chi connectivity index (χ4n) is 1.46. The van der Waals surface area contributed by atoms with Crippen LogP contribution in [0.1, 0.15) is 6.92 Å². The van der Waals surface area contributed by atoms with Crippen molar-refractivity contribution in [3.05, 3.63) is 22.7 Å². The van der Waals surface area contributed by atoms with Crippen molar-refractivity contribution in [2.24, 2.45) is 0 Å². The second-order valence-electron chi connectivity index (χ2n) is 3.97. The molecule has 0 atom stereocenters. The molecule has 1 aromatic carbocycles. The van der Waals surface area contributed by atoms with Crippen LogP contribution >= 0.6 is 15.9 Å². The van der Waals surface area contributed by atoms with Crippen LogP contribution in [0.4, 0.5) is 11.4 Å². The molecular weight excluding hydrogens is 282 g/mol. The van der Waals surface area contributed by atoms with E-state index in [1.165, 1.54) is 0 Å². The molecule has 0 aliphatic rings. The maximum Gasteiger partial charge on any atom is 0.241 e. The monoisotopic (exact) mass is 299 g/mol. The zero-order valence-electron chi connectivity index (χ0n) is 10.4. The first kappa shape index (κ1) is 13.8. The van der Waals surface area contributed by atoms with Crippen molar-refractivity contribution in [2.75, 3.05) is 37.8 Å². The third kappa shape index (κ3) is 3.63. The quantitative estimate of drug-likeness (QED) is 0.865. The molecule has 0 bridgehead atoms. The molecule has 0 spiro atoms. The van der Waals surface area contributed by atoms with Crippen LogP contribution < -0.4 is 10.6 Å². The average molecular weight is 300 g/mol. The number of nitrogens with zero attached hydrogens (tertiary/aromatic N) is 2. The summed E-state index contributed by atoms with van der Waals surface area (Å²) in [6.07, 6.45) is 0. The van der Waals surface area contributed by atoms with Gasteiger partial charge >= 0.3 is 0 Å². The highest BCUT2D eigenvalue weighted by Crippen LogP contribution is 2.25. The Morgan fingerprint density at radius 1 is 1.41 bits per heavy atom. The van der Waals surface area contributed by atoms with Gasteiger partial charge in [0.25, 0.3) is 0 Å². The summed E-state index contributed by atoms with van der Waals surface area (Å²) >= 11 is 3.36. The van der Waals surface area contributed by atoms with Gasteiger partial charge in [0, 0.05) is 25.1 Å². The van der Waals surface area contributed by atoms with E-state index in [1.807, 2.05) is 37.1 Å². The Hall–Kier alpha value is -1.23. The Kier molecular flexibility index (Phi) is 4.81. The Morgan fingerprint density at radius 3 is 2.59 bits per heavy atom. The van der Waals surface area contributed by atoms with Crippen LogP contribution in [0.2, 0.25) is 0 Å². The minimum absolute atomic E-state index is 0.0809. The third-order valence-corrected chi connectivity index (χ3v) is 3.17. The maximum atomic E-state index is 11.8. The molecule has 5 heteroatoms. The summed E-state index contributed by atoms with van der Waals surface area (Å²) < 4.78 is 0.934. The molecule has 1 aromatic rings. The van der Waals surface area contributed by atoms with E-state index in [1.54, 1.807) is 11.9 Å². The second-order valence-corrected chi connectivity index (χ2v) is 4.88. The Labute approximate surface area is 111 Å². The van der Waals surface area contributed by atoms with Gasteiger partial charge in [0.15, 0.2) is 0 Å². The summed E-state index contributed by atoms with van der Waals surface area (Å²) in [5, 5.41) is 0. The van der Waals surface area contributed by atoms with E-state index >= 15 is 0 Å². The molecule has 0 aliphatic heterocycles. The van der Waals surface area contributed by atoms with Gasteiger partial charge in [0.05, 0.1) is 17.9 Å². The second kappa shape index (κ2) is 5.91. The molecule has 0 heterocycles. The highest BCUT2D eigenvalue weighted by atomic mass is 79.9. The summed E-state index contributed by atoms with van der Waals surface area (Å²) in [6.45, 7) is 2.99. The highest BCUT2D eigenvalue weighted by Gasteiger charge is 2.12. The van der Waals surface area contributed by atoms with Gasteiger partial charge in [-0.1, -0.05) is 15.9 Å². The lowest BCUT2D eigenvalue weighted by Gasteiger charge is -2.23. The number of nitrogens with two attached hydrogens (primary N) is 1. The SMILES string of the molecule is CCN(C)C(=O)CN(C)c1ccc(Br)cc1N. The van der Waals surface area contributed by atoms with Crippen molar-refractivity contribution in [1.82, 2.24) is 4.90 Å². The topological polar surface area (TPSA) is 49.6 Å². The number of carbonyl (C=O) groups is 1. The van der Waals surface area contributed by atoms with Crippen LogP contribution in [-0.2, 0) is 4.79 Å². The van der Waals surface area contributed by atoms with E-state index in [-0.39, 0.29) is 5.91 Å². The lowest BCUT2D eigenvalue weighted by molar-refractivity contribution is -0.128. The number of rotatable bonds is 4. The van der Waals surface area contributed by atoms with E-state index in [0.717, 1.165) is 10.2 Å². The Bertz CT molecular complexity index is 409. The molecule has 2 N–H and O–H groups in total. The van der Waals surface area contributed by atoms with E-state index in [9.17, 15) is 4.79 Å². The summed E-state index contributed by atoms with van der Waals surface area (Å²) in [5.74, 6) is 0.0809. The number of carbonyl (C=O) groups excluding carboxylic acids is 1. The van der Waals surface area contributed by atoms with Crippen molar-refractivity contribution in [1.29, 1.82) is 0 Å². The Balaban J connectivity index is 2.76. The molecule has 1 rings (SSSR count). The summed E-state index contributed by atoms with van der Waals surface area (Å²) in [6, 6.07) is 5.65. The van der Waals surface area contributed by atoms with Crippen LogP contribution in [0, 0.1) is 0 Å². The fourth-order valence-corrected chi connectivity index (χ4v) is 1.84. The molecule has 0 saturated carbocycles. The molecule has 0 aromatic heterocycles. The van der Waals surface area contributed by atoms with Gasteiger partial charge in [-0.15, -0.1) is 0 Å². The van der Waals surface area contributed by atoms with Gasteiger partial charge in [0.2, 0.25) is 5.91 Å². The number of hydrogen-bond donors (Lipinski definition) is 1. The van der Waals surface area contributed by atoms with Gasteiger partial charge in [-0.05, 0) is 25.1 Å². The van der Waals surface area contributed by atoms with Gasteiger partial charge in [-0.3, -0.25) is 4.79 Å². The molecular formula is C12H18BrN3O. The molecule has 17 heavy (non-hydrogen) atoms. The van der Waals surface area contributed by atoms with Gasteiger partial charge in [0.1, 0.15) is 0 Å². The van der Waals surface area contributed by atoms with Gasteiger partial charge < -0.3 is 15.5 Å². The number of anilines is 2. The highest BCUT2D eigenvalue weighted by molar-refractivity contribution is 9.10. The van der Waals surface area contributed by atoms with Crippen molar-refractivity contribution in [3.8, 4) is 0 Å². The minimum atomic E-state index is 0.0809. The van der Waals surface area contributed by atoms with Crippen LogP contribution in [-0.4, -0.2) is 38.0 Å². The van der Waals surface area contributed by atoms with E-state index in [0.29, 0.717) is 18.8 Å². The maximum absolute atomic E-state index is 11.8. The molecule has 0 unspecified atom stereocenters. The molecule has 1 amide bonds. The molecule has 0 fully saturated rings. The average Bonchev–Trinajstić information content (AvgIpc) is 2.27. The van der Waals surface area contributed by atoms with Gasteiger partial charge in [-0.2, -0.15) is 0 Å². The molecule has 0 aliphatic carbocycles. The van der Waals surface area contributed by atoms with Crippen LogP contribution in [0.3, 0.4) is 0 Å². The van der Waals surface area contributed by atoms with Crippen LogP contribution in [0.5, 0.6) is 0 Å². The van der Waals surface area contributed by atoms with E-state index in [2.05, 4.69) is 15.9 Å². The van der Waals surface area contributed by atoms with Crippen molar-refractivity contribution in [2.45, 2.75) is 6.92 Å². The van der Waals surface area contributed by atoms with Crippen LogP contribution in [0.15, 0.2) is 22.7 Å². The summed E-state index contributed by atoms with van der Waals surface area (Å²) in [7, 11) is 3.65. The normalized spacial score (nSPS) is 10.1. The molecule has 0 radical (unpaired) electrons. The first-order valence-corrected chi connectivity index (χ1v) is 6.25. The molecule has 94 valence electrons. The van der Waals surface area contributed by atoms with E-state index in [4.69, 9.17) is 5.73 Å². The first-order chi connectivity index (χ1) is 7.95. The predicted octanol–water partition coefficient (Wildman–Crippen LogP) is 1.95. The molecule has 4 nitrogen and oxygen atoms in total. The number of hydrogen-bond acceptors (Lipinski definition) is 3. The largest absolute Gasteiger partial charge is 0.397 e. The summed E-state index contributed by atoms with van der Waals surface area (Å²) in [5.41, 5.74) is 7.44. The first-order valence-electron chi connectivity index (χ1n) is 5.45. The molecule has 0 saturated heterocycles. The van der Waals surface area contributed by atoms with Crippen molar-refractivity contribution < 1.29 is 4.79 Å². The fraction of sp³-hybridized carbons (Fsp3) is 0.417. The lowest BCUT2D eigenvalue weighted by atomic mass is 10.2. The third-order valence-electron chi connectivity index (χ3n) is 2.67. The standard InChI is InChI=1S/C12H18BrN3O/c1-4-15(2)12(17)8-16(3)11-6-5-9(13)7-10(11)14/h5-7H,4,8,14H2,1-3H3.